The molecule has 0 radical (unpaired) electrons. The first-order valence-corrected chi connectivity index (χ1v) is 3.80. The van der Waals surface area contributed by atoms with Gasteiger partial charge in [-0.15, -0.1) is 0 Å². The second-order valence-corrected chi connectivity index (χ2v) is 3.53. The maximum absolute atomic E-state index is 5.01. The van der Waals surface area contributed by atoms with Crippen LogP contribution in [0.5, 0.6) is 0 Å². The lowest BCUT2D eigenvalue weighted by Crippen LogP contribution is -2.41. The fourth-order valence-electron chi connectivity index (χ4n) is 0.652. The summed E-state index contributed by atoms with van der Waals surface area (Å²) in [5.41, 5.74) is 0.120. The van der Waals surface area contributed by atoms with Crippen molar-refractivity contribution in [1.82, 2.24) is 5.32 Å². The van der Waals surface area contributed by atoms with Gasteiger partial charge in [-0.25, -0.2) is 0 Å². The molecule has 0 saturated carbocycles. The Morgan fingerprint density at radius 2 is 1.64 bits per heavy atom. The number of ether oxygens (including phenoxy) is 2. The topological polar surface area (TPSA) is 30.5 Å². The molecule has 0 heterocycles. The highest BCUT2D eigenvalue weighted by Crippen LogP contribution is 1.99. The highest BCUT2D eigenvalue weighted by atomic mass is 16.7. The van der Waals surface area contributed by atoms with Gasteiger partial charge in [-0.2, -0.15) is 0 Å². The summed E-state index contributed by atoms with van der Waals surface area (Å²) in [4.78, 5) is 0. The molecular formula is C8H19NO2. The Balaban J connectivity index is 3.51. The van der Waals surface area contributed by atoms with E-state index in [9.17, 15) is 0 Å². The average molecular weight is 161 g/mol. The van der Waals surface area contributed by atoms with Crippen molar-refractivity contribution in [1.29, 1.82) is 0 Å². The van der Waals surface area contributed by atoms with Gasteiger partial charge in [-0.05, 0) is 20.8 Å². The second kappa shape index (κ2) is 4.70. The number of methoxy groups -OCH3 is 2. The van der Waals surface area contributed by atoms with Crippen molar-refractivity contribution in [2.75, 3.05) is 20.8 Å². The van der Waals surface area contributed by atoms with Gasteiger partial charge in [-0.1, -0.05) is 0 Å². The average Bonchev–Trinajstić information content (AvgIpc) is 1.88. The smallest absolute Gasteiger partial charge is 0.169 e. The fourth-order valence-corrected chi connectivity index (χ4v) is 0.652. The third-order valence-corrected chi connectivity index (χ3v) is 1.32. The summed E-state index contributed by atoms with van der Waals surface area (Å²) in [6.07, 6.45) is -0.144. The summed E-state index contributed by atoms with van der Waals surface area (Å²) in [6, 6.07) is 0. The van der Waals surface area contributed by atoms with E-state index < -0.39 is 0 Å². The zero-order valence-corrected chi connectivity index (χ0v) is 8.10. The van der Waals surface area contributed by atoms with E-state index in [0.29, 0.717) is 0 Å². The molecule has 11 heavy (non-hydrogen) atoms. The van der Waals surface area contributed by atoms with Crippen molar-refractivity contribution in [2.45, 2.75) is 32.6 Å². The molecule has 0 saturated heterocycles. The van der Waals surface area contributed by atoms with Crippen LogP contribution in [-0.4, -0.2) is 32.6 Å². The third-order valence-electron chi connectivity index (χ3n) is 1.32. The molecule has 0 aliphatic carbocycles. The van der Waals surface area contributed by atoms with Crippen LogP contribution in [0.2, 0.25) is 0 Å². The molecule has 0 unspecified atom stereocenters. The van der Waals surface area contributed by atoms with Crippen molar-refractivity contribution in [3.63, 3.8) is 0 Å². The van der Waals surface area contributed by atoms with E-state index in [4.69, 9.17) is 9.47 Å². The summed E-state index contributed by atoms with van der Waals surface area (Å²) in [6.45, 7) is 7.04. The Kier molecular flexibility index (Phi) is 4.65. The van der Waals surface area contributed by atoms with Crippen LogP contribution in [0, 0.1) is 0 Å². The maximum atomic E-state index is 5.01. The zero-order valence-electron chi connectivity index (χ0n) is 8.10. The maximum Gasteiger partial charge on any atom is 0.169 e. The predicted octanol–water partition coefficient (Wildman–Crippen LogP) is 0.993. The molecule has 0 aliphatic heterocycles. The molecule has 0 aromatic rings. The number of rotatable bonds is 4. The summed E-state index contributed by atoms with van der Waals surface area (Å²) >= 11 is 0. The van der Waals surface area contributed by atoms with E-state index in [1.54, 1.807) is 14.2 Å². The zero-order chi connectivity index (χ0) is 8.91. The highest BCUT2D eigenvalue weighted by molar-refractivity contribution is 4.70. The molecule has 0 aromatic carbocycles. The van der Waals surface area contributed by atoms with Crippen LogP contribution in [0.15, 0.2) is 0 Å². The molecule has 0 fully saturated rings. The summed E-state index contributed by atoms with van der Waals surface area (Å²) in [7, 11) is 3.27. The molecule has 0 aromatic heterocycles. The lowest BCUT2D eigenvalue weighted by atomic mass is 10.1. The predicted molar refractivity (Wildman–Crippen MR) is 45.6 cm³/mol. The van der Waals surface area contributed by atoms with Gasteiger partial charge >= 0.3 is 0 Å². The van der Waals surface area contributed by atoms with Crippen LogP contribution < -0.4 is 5.32 Å². The van der Waals surface area contributed by atoms with Gasteiger partial charge < -0.3 is 14.8 Å². The molecule has 3 heteroatoms. The van der Waals surface area contributed by atoms with Crippen molar-refractivity contribution in [3.8, 4) is 0 Å². The molecule has 0 atom stereocenters. The number of hydrogen-bond donors (Lipinski definition) is 1. The Bertz CT molecular complexity index is 94.8. The molecular weight excluding hydrogens is 142 g/mol. The van der Waals surface area contributed by atoms with Crippen LogP contribution in [0.1, 0.15) is 20.8 Å². The fraction of sp³-hybridized carbons (Fsp3) is 1.00. The standard InChI is InChI=1S/C8H19NO2/c1-8(2,3)9-6-7(10-4)11-5/h7,9H,6H2,1-5H3. The summed E-state index contributed by atoms with van der Waals surface area (Å²) in [5.74, 6) is 0. The third kappa shape index (κ3) is 6.28. The monoisotopic (exact) mass is 161 g/mol. The SMILES string of the molecule is COC(CNC(C)(C)C)OC. The van der Waals surface area contributed by atoms with Crippen molar-refractivity contribution < 1.29 is 9.47 Å². The van der Waals surface area contributed by atoms with E-state index in [2.05, 4.69) is 26.1 Å². The highest BCUT2D eigenvalue weighted by Gasteiger charge is 2.12. The minimum Gasteiger partial charge on any atom is -0.355 e. The van der Waals surface area contributed by atoms with Gasteiger partial charge in [0.1, 0.15) is 0 Å². The lowest BCUT2D eigenvalue weighted by molar-refractivity contribution is -0.101. The van der Waals surface area contributed by atoms with Gasteiger partial charge in [0.2, 0.25) is 0 Å². The van der Waals surface area contributed by atoms with E-state index in [1.165, 1.54) is 0 Å². The molecule has 0 spiro atoms. The molecule has 1 N–H and O–H groups in total. The molecule has 0 bridgehead atoms. The largest absolute Gasteiger partial charge is 0.355 e. The number of hydrogen-bond acceptors (Lipinski definition) is 3. The molecule has 0 rings (SSSR count). The molecule has 3 nitrogen and oxygen atoms in total. The van der Waals surface area contributed by atoms with E-state index in [-0.39, 0.29) is 11.8 Å². The quantitative estimate of drug-likeness (QED) is 0.624. The normalized spacial score (nSPS) is 12.5. The minimum atomic E-state index is -0.144. The summed E-state index contributed by atoms with van der Waals surface area (Å²) in [5, 5.41) is 3.27. The van der Waals surface area contributed by atoms with E-state index in [0.717, 1.165) is 6.54 Å². The van der Waals surface area contributed by atoms with E-state index >= 15 is 0 Å². The van der Waals surface area contributed by atoms with Crippen LogP contribution in [0.4, 0.5) is 0 Å². The van der Waals surface area contributed by atoms with Crippen molar-refractivity contribution >= 4 is 0 Å². The Morgan fingerprint density at radius 1 is 1.18 bits per heavy atom. The van der Waals surface area contributed by atoms with Crippen LogP contribution in [0.3, 0.4) is 0 Å². The van der Waals surface area contributed by atoms with Crippen LogP contribution in [0.25, 0.3) is 0 Å². The van der Waals surface area contributed by atoms with Crippen molar-refractivity contribution in [2.24, 2.45) is 0 Å². The minimum absolute atomic E-state index is 0.120. The van der Waals surface area contributed by atoms with Gasteiger partial charge in [0, 0.05) is 26.3 Å². The number of nitrogens with one attached hydrogen (secondary N) is 1. The first-order valence-electron chi connectivity index (χ1n) is 3.80. The van der Waals surface area contributed by atoms with E-state index in [1.807, 2.05) is 0 Å². The Labute approximate surface area is 69.1 Å². The Hall–Kier alpha value is -0.120. The van der Waals surface area contributed by atoms with Crippen LogP contribution >= 0.6 is 0 Å². The first-order chi connectivity index (χ1) is 4.99. The molecule has 0 amide bonds. The summed E-state index contributed by atoms with van der Waals surface area (Å²) < 4.78 is 10.0. The molecule has 0 aliphatic rings. The van der Waals surface area contributed by atoms with Gasteiger partial charge in [0.05, 0.1) is 0 Å². The Morgan fingerprint density at radius 3 is 1.91 bits per heavy atom. The first kappa shape index (κ1) is 10.9. The molecule has 68 valence electrons. The lowest BCUT2D eigenvalue weighted by Gasteiger charge is -2.23. The van der Waals surface area contributed by atoms with Gasteiger partial charge in [0.15, 0.2) is 6.29 Å². The van der Waals surface area contributed by atoms with Gasteiger partial charge in [-0.3, -0.25) is 0 Å². The van der Waals surface area contributed by atoms with Crippen LogP contribution in [-0.2, 0) is 9.47 Å². The van der Waals surface area contributed by atoms with Gasteiger partial charge in [0.25, 0.3) is 0 Å². The second-order valence-electron chi connectivity index (χ2n) is 3.53. The van der Waals surface area contributed by atoms with Crippen molar-refractivity contribution in [3.05, 3.63) is 0 Å².